The Labute approximate surface area is 136 Å². The van der Waals surface area contributed by atoms with Gasteiger partial charge < -0.3 is 4.90 Å². The van der Waals surface area contributed by atoms with Crippen molar-refractivity contribution in [1.82, 2.24) is 4.31 Å². The molecule has 1 fully saturated rings. The first-order valence-electron chi connectivity index (χ1n) is 7.37. The van der Waals surface area contributed by atoms with Gasteiger partial charge in [0.2, 0.25) is 0 Å². The van der Waals surface area contributed by atoms with Gasteiger partial charge in [-0.15, -0.1) is 11.3 Å². The summed E-state index contributed by atoms with van der Waals surface area (Å²) in [5.74, 6) is 0. The average molecular weight is 336 g/mol. The van der Waals surface area contributed by atoms with Crippen molar-refractivity contribution in [2.45, 2.75) is 30.1 Å². The van der Waals surface area contributed by atoms with E-state index in [1.54, 1.807) is 21.8 Å². The molecule has 0 spiro atoms. The summed E-state index contributed by atoms with van der Waals surface area (Å²) < 4.78 is 27.5. The number of hydrogen-bond acceptors (Lipinski definition) is 4. The number of sulfonamides is 1. The highest BCUT2D eigenvalue weighted by molar-refractivity contribution is 7.91. The first-order valence-corrected chi connectivity index (χ1v) is 9.69. The molecule has 22 heavy (non-hydrogen) atoms. The molecule has 0 saturated carbocycles. The molecular formula is C16H20N2O2S2. The van der Waals surface area contributed by atoms with Gasteiger partial charge in [0.05, 0.1) is 0 Å². The lowest BCUT2D eigenvalue weighted by Gasteiger charge is -2.45. The van der Waals surface area contributed by atoms with Crippen molar-refractivity contribution >= 4 is 27.0 Å². The molecule has 4 nitrogen and oxygen atoms in total. The molecule has 1 aromatic carbocycles. The van der Waals surface area contributed by atoms with Crippen LogP contribution in [0.4, 0.5) is 5.69 Å². The largest absolute Gasteiger partial charge is 0.363 e. The summed E-state index contributed by atoms with van der Waals surface area (Å²) in [6, 6.07) is 13.9. The second kappa shape index (κ2) is 6.02. The molecule has 0 amide bonds. The van der Waals surface area contributed by atoms with E-state index in [0.717, 1.165) is 5.69 Å². The van der Waals surface area contributed by atoms with Gasteiger partial charge in [0.1, 0.15) is 4.21 Å². The molecule has 118 valence electrons. The second-order valence-corrected chi connectivity index (χ2v) is 8.81. The van der Waals surface area contributed by atoms with Gasteiger partial charge in [-0.05, 0) is 37.4 Å². The van der Waals surface area contributed by atoms with E-state index in [2.05, 4.69) is 30.9 Å². The van der Waals surface area contributed by atoms with Crippen molar-refractivity contribution in [3.63, 3.8) is 0 Å². The molecule has 0 N–H and O–H groups in total. The Morgan fingerprint density at radius 2 is 1.64 bits per heavy atom. The third kappa shape index (κ3) is 2.78. The van der Waals surface area contributed by atoms with Crippen molar-refractivity contribution in [2.24, 2.45) is 0 Å². The zero-order valence-corrected chi connectivity index (χ0v) is 14.3. The zero-order valence-electron chi connectivity index (χ0n) is 12.7. The summed E-state index contributed by atoms with van der Waals surface area (Å²) >= 11 is 1.28. The zero-order chi connectivity index (χ0) is 15.7. The van der Waals surface area contributed by atoms with Crippen LogP contribution in [0.1, 0.15) is 13.8 Å². The summed E-state index contributed by atoms with van der Waals surface area (Å²) in [5.41, 5.74) is 1.15. The van der Waals surface area contributed by atoms with E-state index in [1.807, 2.05) is 18.2 Å². The van der Waals surface area contributed by atoms with E-state index in [4.69, 9.17) is 0 Å². The lowest BCUT2D eigenvalue weighted by Crippen LogP contribution is -2.58. The van der Waals surface area contributed by atoms with Crippen LogP contribution in [0.3, 0.4) is 0 Å². The van der Waals surface area contributed by atoms with Gasteiger partial charge in [-0.1, -0.05) is 24.3 Å². The maximum atomic E-state index is 12.7. The Kier molecular flexibility index (Phi) is 4.25. The van der Waals surface area contributed by atoms with Crippen molar-refractivity contribution in [3.05, 3.63) is 47.8 Å². The van der Waals surface area contributed by atoms with Gasteiger partial charge >= 0.3 is 0 Å². The van der Waals surface area contributed by atoms with Gasteiger partial charge in [-0.2, -0.15) is 4.31 Å². The molecule has 2 heterocycles. The highest BCUT2D eigenvalue weighted by Crippen LogP contribution is 2.29. The maximum absolute atomic E-state index is 12.7. The maximum Gasteiger partial charge on any atom is 0.252 e. The fraction of sp³-hybridized carbons (Fsp3) is 0.375. The van der Waals surface area contributed by atoms with E-state index < -0.39 is 10.0 Å². The molecule has 1 aromatic heterocycles. The molecular weight excluding hydrogens is 316 g/mol. The van der Waals surface area contributed by atoms with E-state index in [0.29, 0.717) is 17.3 Å². The average Bonchev–Trinajstić information content (AvgIpc) is 3.02. The van der Waals surface area contributed by atoms with Crippen LogP contribution in [0, 0.1) is 0 Å². The van der Waals surface area contributed by atoms with Gasteiger partial charge in [0.25, 0.3) is 10.0 Å². The Balaban J connectivity index is 1.84. The smallest absolute Gasteiger partial charge is 0.252 e. The van der Waals surface area contributed by atoms with Gasteiger partial charge in [0.15, 0.2) is 0 Å². The fourth-order valence-corrected chi connectivity index (χ4v) is 5.86. The van der Waals surface area contributed by atoms with Crippen LogP contribution >= 0.6 is 11.3 Å². The van der Waals surface area contributed by atoms with Crippen molar-refractivity contribution < 1.29 is 8.42 Å². The van der Waals surface area contributed by atoms with E-state index in [9.17, 15) is 8.42 Å². The first kappa shape index (κ1) is 15.5. The summed E-state index contributed by atoms with van der Waals surface area (Å²) in [4.78, 5) is 2.31. The number of benzene rings is 1. The van der Waals surface area contributed by atoms with Gasteiger partial charge in [-0.3, -0.25) is 0 Å². The number of hydrogen-bond donors (Lipinski definition) is 0. The number of nitrogens with zero attached hydrogens (tertiary/aromatic N) is 2. The van der Waals surface area contributed by atoms with Crippen LogP contribution in [-0.4, -0.2) is 37.9 Å². The number of piperazine rings is 1. The van der Waals surface area contributed by atoms with Crippen molar-refractivity contribution in [3.8, 4) is 0 Å². The summed E-state index contributed by atoms with van der Waals surface area (Å²) in [6.45, 7) is 5.19. The van der Waals surface area contributed by atoms with Crippen molar-refractivity contribution in [1.29, 1.82) is 0 Å². The number of thiophene rings is 1. The molecule has 0 radical (unpaired) electrons. The quantitative estimate of drug-likeness (QED) is 0.865. The molecule has 1 aliphatic rings. The minimum atomic E-state index is -3.36. The fourth-order valence-electron chi connectivity index (χ4n) is 3.12. The molecule has 2 aromatic rings. The van der Waals surface area contributed by atoms with E-state index in [-0.39, 0.29) is 12.1 Å². The standard InChI is InChI=1S/C16H20N2O2S2/c1-13-11-17(22(19,20)16-9-6-10-21-16)12-14(2)18(13)15-7-4-3-5-8-15/h3-10,13-14H,11-12H2,1-2H3. The van der Waals surface area contributed by atoms with Gasteiger partial charge in [0, 0.05) is 30.9 Å². The predicted molar refractivity (Wildman–Crippen MR) is 90.9 cm³/mol. The summed E-state index contributed by atoms with van der Waals surface area (Å²) in [5, 5.41) is 1.81. The molecule has 0 aliphatic carbocycles. The SMILES string of the molecule is CC1CN(S(=O)(=O)c2cccs2)CC(C)N1c1ccccc1. The second-order valence-electron chi connectivity index (χ2n) is 5.69. The highest BCUT2D eigenvalue weighted by Gasteiger charge is 2.36. The van der Waals surface area contributed by atoms with Crippen LogP contribution in [0.2, 0.25) is 0 Å². The Hall–Kier alpha value is -1.37. The number of anilines is 1. The minimum absolute atomic E-state index is 0.140. The van der Waals surface area contributed by atoms with Crippen LogP contribution < -0.4 is 4.90 Å². The molecule has 6 heteroatoms. The molecule has 1 aliphatic heterocycles. The first-order chi connectivity index (χ1) is 10.5. The van der Waals surface area contributed by atoms with Crippen LogP contribution in [-0.2, 0) is 10.0 Å². The summed E-state index contributed by atoms with van der Waals surface area (Å²) in [7, 11) is -3.36. The van der Waals surface area contributed by atoms with Crippen LogP contribution in [0.25, 0.3) is 0 Å². The van der Waals surface area contributed by atoms with E-state index in [1.165, 1.54) is 11.3 Å². The normalized spacial score (nSPS) is 23.6. The number of para-hydroxylation sites is 1. The lowest BCUT2D eigenvalue weighted by atomic mass is 10.1. The van der Waals surface area contributed by atoms with Gasteiger partial charge in [-0.25, -0.2) is 8.42 Å². The molecule has 3 rings (SSSR count). The predicted octanol–water partition coefficient (Wildman–Crippen LogP) is 3.04. The third-order valence-corrected chi connectivity index (χ3v) is 7.23. The Bertz CT molecular complexity index is 702. The number of rotatable bonds is 3. The molecule has 1 saturated heterocycles. The van der Waals surface area contributed by atoms with Crippen molar-refractivity contribution in [2.75, 3.05) is 18.0 Å². The molecule has 2 unspecified atom stereocenters. The topological polar surface area (TPSA) is 40.6 Å². The van der Waals surface area contributed by atoms with Crippen LogP contribution in [0.5, 0.6) is 0 Å². The molecule has 2 atom stereocenters. The summed E-state index contributed by atoms with van der Waals surface area (Å²) in [6.07, 6.45) is 0. The minimum Gasteiger partial charge on any atom is -0.363 e. The molecule has 0 bridgehead atoms. The lowest BCUT2D eigenvalue weighted by molar-refractivity contribution is 0.302. The Morgan fingerprint density at radius 3 is 2.18 bits per heavy atom. The Morgan fingerprint density at radius 1 is 1.00 bits per heavy atom. The highest BCUT2D eigenvalue weighted by atomic mass is 32.2. The monoisotopic (exact) mass is 336 g/mol. The van der Waals surface area contributed by atoms with Crippen LogP contribution in [0.15, 0.2) is 52.1 Å². The third-order valence-electron chi connectivity index (χ3n) is 4.03. The van der Waals surface area contributed by atoms with E-state index >= 15 is 0 Å².